The Morgan fingerprint density at radius 2 is 2.12 bits per heavy atom. The number of hydrogen-bond donors (Lipinski definition) is 2. The monoisotopic (exact) mass is 424 g/mol. The van der Waals surface area contributed by atoms with Crippen molar-refractivity contribution in [2.45, 2.75) is 37.3 Å². The van der Waals surface area contributed by atoms with Gasteiger partial charge in [-0.25, -0.2) is 0 Å². The molecule has 1 saturated heterocycles. The van der Waals surface area contributed by atoms with Crippen LogP contribution in [0.3, 0.4) is 0 Å². The number of benzene rings is 1. The molecule has 2 aliphatic rings. The second-order valence-corrected chi connectivity index (χ2v) is 7.46. The van der Waals surface area contributed by atoms with E-state index in [1.807, 2.05) is 23.0 Å². The van der Waals surface area contributed by atoms with Crippen LogP contribution in [0.15, 0.2) is 41.1 Å². The van der Waals surface area contributed by atoms with E-state index in [9.17, 15) is 4.79 Å². The fraction of sp³-hybridized carbons (Fsp3) is 0.444. The molecule has 25 heavy (non-hydrogen) atoms. The Bertz CT molecular complexity index is 744. The van der Waals surface area contributed by atoms with Crippen molar-refractivity contribution in [3.63, 3.8) is 0 Å². The average Bonchev–Trinajstić information content (AvgIpc) is 3.27. The molecule has 1 aliphatic heterocycles. The first-order valence-electron chi connectivity index (χ1n) is 8.50. The van der Waals surface area contributed by atoms with Crippen LogP contribution >= 0.6 is 28.3 Å². The largest absolute Gasteiger partial charge is 0.347 e. The van der Waals surface area contributed by atoms with Gasteiger partial charge in [0.25, 0.3) is 0 Å². The highest BCUT2D eigenvalue weighted by Crippen LogP contribution is 2.37. The summed E-state index contributed by atoms with van der Waals surface area (Å²) in [5.74, 6) is 0.0884. The van der Waals surface area contributed by atoms with Crippen molar-refractivity contribution in [3.8, 4) is 0 Å². The molecule has 0 bridgehead atoms. The van der Waals surface area contributed by atoms with E-state index in [0.29, 0.717) is 0 Å². The predicted molar refractivity (Wildman–Crippen MR) is 103 cm³/mol. The molecule has 1 atom stereocenters. The van der Waals surface area contributed by atoms with Gasteiger partial charge in [-0.15, -0.1) is 12.4 Å². The number of nitrogens with one attached hydrogen (secondary N) is 2. The topological polar surface area (TPSA) is 59.0 Å². The molecule has 0 spiro atoms. The number of piperidine rings is 1. The quantitative estimate of drug-likeness (QED) is 0.795. The van der Waals surface area contributed by atoms with Crippen molar-refractivity contribution in [3.05, 3.63) is 52.3 Å². The van der Waals surface area contributed by atoms with Crippen molar-refractivity contribution in [2.75, 3.05) is 13.1 Å². The summed E-state index contributed by atoms with van der Waals surface area (Å²) in [7, 11) is 0. The second-order valence-electron chi connectivity index (χ2n) is 6.60. The minimum atomic E-state index is -0.580. The summed E-state index contributed by atoms with van der Waals surface area (Å²) in [5, 5.41) is 11.0. The summed E-state index contributed by atoms with van der Waals surface area (Å²) < 4.78 is 2.99. The van der Waals surface area contributed by atoms with Crippen LogP contribution in [-0.2, 0) is 16.8 Å². The molecule has 1 amide bonds. The zero-order chi connectivity index (χ0) is 16.6. The molecule has 0 radical (unpaired) electrons. The fourth-order valence-corrected chi connectivity index (χ4v) is 4.55. The third-order valence-electron chi connectivity index (χ3n) is 5.32. The van der Waals surface area contributed by atoms with Crippen LogP contribution in [0.5, 0.6) is 0 Å². The van der Waals surface area contributed by atoms with E-state index in [1.165, 1.54) is 11.1 Å². The second kappa shape index (κ2) is 7.48. The van der Waals surface area contributed by atoms with Crippen molar-refractivity contribution in [1.82, 2.24) is 20.4 Å². The molecule has 2 N–H and O–H groups in total. The molecule has 2 heterocycles. The van der Waals surface area contributed by atoms with Crippen LogP contribution in [0.25, 0.3) is 0 Å². The fourth-order valence-electron chi connectivity index (χ4n) is 3.97. The molecule has 7 heteroatoms. The maximum absolute atomic E-state index is 13.3. The van der Waals surface area contributed by atoms with Gasteiger partial charge in [-0.05, 0) is 62.0 Å². The lowest BCUT2D eigenvalue weighted by atomic mass is 9.87. The van der Waals surface area contributed by atoms with E-state index in [4.69, 9.17) is 0 Å². The molecular formula is C18H22BrClN4O. The number of halogens is 2. The Kier molecular flexibility index (Phi) is 5.51. The zero-order valence-electron chi connectivity index (χ0n) is 13.9. The lowest BCUT2D eigenvalue weighted by Crippen LogP contribution is -2.55. The van der Waals surface area contributed by atoms with E-state index < -0.39 is 5.54 Å². The van der Waals surface area contributed by atoms with Crippen LogP contribution in [0.4, 0.5) is 0 Å². The van der Waals surface area contributed by atoms with E-state index in [1.54, 1.807) is 6.20 Å². The van der Waals surface area contributed by atoms with Gasteiger partial charge in [0.05, 0.1) is 6.04 Å². The summed E-state index contributed by atoms with van der Waals surface area (Å²) in [4.78, 5) is 13.3. The molecule has 1 aromatic heterocycles. The first kappa shape index (κ1) is 18.4. The Morgan fingerprint density at radius 1 is 1.32 bits per heavy atom. The van der Waals surface area contributed by atoms with Gasteiger partial charge in [-0.2, -0.15) is 5.10 Å². The van der Waals surface area contributed by atoms with Gasteiger partial charge in [0.15, 0.2) is 0 Å². The molecule has 2 aromatic rings. The van der Waals surface area contributed by atoms with Crippen LogP contribution in [0.2, 0.25) is 0 Å². The maximum Gasteiger partial charge on any atom is 0.248 e. The molecule has 1 aromatic carbocycles. The van der Waals surface area contributed by atoms with Gasteiger partial charge in [0.2, 0.25) is 5.91 Å². The summed E-state index contributed by atoms with van der Waals surface area (Å²) in [6, 6.07) is 8.22. The van der Waals surface area contributed by atoms with Gasteiger partial charge >= 0.3 is 0 Å². The highest BCUT2D eigenvalue weighted by Gasteiger charge is 2.43. The highest BCUT2D eigenvalue weighted by molar-refractivity contribution is 9.10. The molecule has 0 saturated carbocycles. The lowest BCUT2D eigenvalue weighted by Gasteiger charge is -2.37. The van der Waals surface area contributed by atoms with Gasteiger partial charge in [-0.1, -0.05) is 28.1 Å². The van der Waals surface area contributed by atoms with E-state index in [0.717, 1.165) is 43.2 Å². The average molecular weight is 426 g/mol. The molecule has 5 nitrogen and oxygen atoms in total. The first-order valence-corrected chi connectivity index (χ1v) is 9.29. The number of rotatable bonds is 3. The lowest BCUT2D eigenvalue weighted by molar-refractivity contribution is -0.132. The SMILES string of the molecule is Cl.O=C(NC1CCc2c(Br)cccc21)C1(n2cccn2)CCNCC1. The Hall–Kier alpha value is -1.37. The molecule has 1 fully saturated rings. The smallest absolute Gasteiger partial charge is 0.248 e. The molecule has 1 unspecified atom stereocenters. The summed E-state index contributed by atoms with van der Waals surface area (Å²) in [5.41, 5.74) is 1.98. The number of fused-ring (bicyclic) bond motifs is 1. The third kappa shape index (κ3) is 3.23. The Labute approximate surface area is 162 Å². The normalized spacial score (nSPS) is 21.2. The third-order valence-corrected chi connectivity index (χ3v) is 6.06. The van der Waals surface area contributed by atoms with Crippen LogP contribution in [0, 0.1) is 0 Å². The molecule has 134 valence electrons. The first-order chi connectivity index (χ1) is 11.7. The van der Waals surface area contributed by atoms with E-state index >= 15 is 0 Å². The van der Waals surface area contributed by atoms with Crippen molar-refractivity contribution in [2.24, 2.45) is 0 Å². The number of amides is 1. The standard InChI is InChI=1S/C18H21BrN4O.ClH/c19-15-4-1-3-14-13(15)5-6-16(14)22-17(24)18(7-10-20-11-8-18)23-12-2-9-21-23;/h1-4,9,12,16,20H,5-8,10-11H2,(H,22,24);1H. The van der Waals surface area contributed by atoms with E-state index in [-0.39, 0.29) is 24.4 Å². The highest BCUT2D eigenvalue weighted by atomic mass is 79.9. The number of carbonyl (C=O) groups is 1. The number of nitrogens with zero attached hydrogens (tertiary/aromatic N) is 2. The van der Waals surface area contributed by atoms with Crippen molar-refractivity contribution in [1.29, 1.82) is 0 Å². The van der Waals surface area contributed by atoms with Crippen molar-refractivity contribution < 1.29 is 4.79 Å². The Balaban J connectivity index is 0.00000182. The van der Waals surface area contributed by atoms with Gasteiger partial charge in [0.1, 0.15) is 5.54 Å². The van der Waals surface area contributed by atoms with Crippen LogP contribution in [0.1, 0.15) is 36.4 Å². The number of carbonyl (C=O) groups excluding carboxylic acids is 1. The maximum atomic E-state index is 13.3. The van der Waals surface area contributed by atoms with Gasteiger partial charge in [-0.3, -0.25) is 9.48 Å². The molecular weight excluding hydrogens is 404 g/mol. The summed E-state index contributed by atoms with van der Waals surface area (Å²) in [6.07, 6.45) is 7.13. The number of hydrogen-bond acceptors (Lipinski definition) is 3. The van der Waals surface area contributed by atoms with E-state index in [2.05, 4.69) is 43.8 Å². The number of aromatic nitrogens is 2. The van der Waals surface area contributed by atoms with Crippen molar-refractivity contribution >= 4 is 34.2 Å². The Morgan fingerprint density at radius 3 is 2.84 bits per heavy atom. The molecule has 4 rings (SSSR count). The zero-order valence-corrected chi connectivity index (χ0v) is 16.3. The minimum absolute atomic E-state index is 0. The van der Waals surface area contributed by atoms with Crippen LogP contribution in [-0.4, -0.2) is 28.8 Å². The minimum Gasteiger partial charge on any atom is -0.347 e. The molecule has 1 aliphatic carbocycles. The van der Waals surface area contributed by atoms with Crippen LogP contribution < -0.4 is 10.6 Å². The van der Waals surface area contributed by atoms with Gasteiger partial charge < -0.3 is 10.6 Å². The predicted octanol–water partition coefficient (Wildman–Crippen LogP) is 2.95. The van der Waals surface area contributed by atoms with Gasteiger partial charge in [0, 0.05) is 16.9 Å². The summed E-state index contributed by atoms with van der Waals surface area (Å²) >= 11 is 3.62. The summed E-state index contributed by atoms with van der Waals surface area (Å²) in [6.45, 7) is 1.67.